The minimum Gasteiger partial charge on any atom is -0.313 e. The van der Waals surface area contributed by atoms with Gasteiger partial charge in [0.05, 0.1) is 0 Å². The maximum Gasteiger partial charge on any atom is 0.0320 e. The quantitative estimate of drug-likeness (QED) is 0.686. The van der Waals surface area contributed by atoms with Crippen LogP contribution in [0.5, 0.6) is 0 Å². The molecule has 15 heavy (non-hydrogen) atoms. The molecule has 0 bridgehead atoms. The molecule has 1 N–H and O–H groups in total. The topological polar surface area (TPSA) is 12.0 Å². The van der Waals surface area contributed by atoms with Crippen LogP contribution in [-0.2, 0) is 0 Å². The highest BCUT2D eigenvalue weighted by Gasteiger charge is 2.22. The zero-order valence-corrected chi connectivity index (χ0v) is 11.1. The average Bonchev–Trinajstić information content (AvgIpc) is 2.77. The summed E-state index contributed by atoms with van der Waals surface area (Å²) in [4.78, 5) is 0. The summed E-state index contributed by atoms with van der Waals surface area (Å²) in [5.41, 5.74) is 3.28. The molecule has 0 aromatic rings. The molecular weight excluding hydrogens is 182 g/mol. The molecule has 0 amide bonds. The molecule has 1 unspecified atom stereocenters. The van der Waals surface area contributed by atoms with Gasteiger partial charge in [0.2, 0.25) is 0 Å². The van der Waals surface area contributed by atoms with Crippen molar-refractivity contribution in [2.45, 2.75) is 59.4 Å². The molecule has 2 aliphatic carbocycles. The van der Waals surface area contributed by atoms with Gasteiger partial charge in [0.1, 0.15) is 0 Å². The third-order valence-corrected chi connectivity index (χ3v) is 2.78. The fraction of sp³-hybridized carbons (Fsp3) is 0.714. The van der Waals surface area contributed by atoms with Crippen LogP contribution in [0.25, 0.3) is 0 Å². The third kappa shape index (κ3) is 3.83. The first-order valence-corrected chi connectivity index (χ1v) is 6.47. The van der Waals surface area contributed by atoms with E-state index in [1.165, 1.54) is 25.7 Å². The molecule has 0 radical (unpaired) electrons. The molecule has 2 aliphatic rings. The molecule has 1 nitrogen and oxygen atoms in total. The van der Waals surface area contributed by atoms with Crippen LogP contribution in [0.2, 0.25) is 0 Å². The van der Waals surface area contributed by atoms with Crippen molar-refractivity contribution in [1.29, 1.82) is 0 Å². The fourth-order valence-corrected chi connectivity index (χ4v) is 2.14. The summed E-state index contributed by atoms with van der Waals surface area (Å²) in [5, 5.41) is 3.35. The summed E-state index contributed by atoms with van der Waals surface area (Å²) in [6.45, 7) is 8.00. The van der Waals surface area contributed by atoms with Crippen molar-refractivity contribution in [2.75, 3.05) is 7.05 Å². The number of hydrogen-bond donors (Lipinski definition) is 1. The van der Waals surface area contributed by atoms with Gasteiger partial charge in [-0.25, -0.2) is 0 Å². The number of hydrogen-bond acceptors (Lipinski definition) is 1. The summed E-state index contributed by atoms with van der Waals surface area (Å²) in [7, 11) is 2.06. The van der Waals surface area contributed by atoms with Crippen molar-refractivity contribution in [3.8, 4) is 0 Å². The Kier molecular flexibility index (Phi) is 8.40. The van der Waals surface area contributed by atoms with E-state index in [0.717, 1.165) is 0 Å². The second-order valence-corrected chi connectivity index (χ2v) is 3.38. The van der Waals surface area contributed by atoms with E-state index < -0.39 is 0 Å². The van der Waals surface area contributed by atoms with Crippen molar-refractivity contribution >= 4 is 0 Å². The lowest BCUT2D eigenvalue weighted by molar-refractivity contribution is 0.635. The van der Waals surface area contributed by atoms with Gasteiger partial charge >= 0.3 is 0 Å². The predicted molar refractivity (Wildman–Crippen MR) is 70.2 cm³/mol. The molecule has 0 saturated carbocycles. The van der Waals surface area contributed by atoms with Crippen LogP contribution in [0.15, 0.2) is 23.3 Å². The van der Waals surface area contributed by atoms with Crippen LogP contribution in [0, 0.1) is 0 Å². The van der Waals surface area contributed by atoms with E-state index in [2.05, 4.69) is 24.5 Å². The van der Waals surface area contributed by atoms with E-state index in [1.807, 2.05) is 27.7 Å². The summed E-state index contributed by atoms with van der Waals surface area (Å²) in [5.74, 6) is 0. The maximum atomic E-state index is 3.35. The van der Waals surface area contributed by atoms with Crippen molar-refractivity contribution in [3.05, 3.63) is 23.3 Å². The Morgan fingerprint density at radius 3 is 2.40 bits per heavy atom. The number of nitrogens with one attached hydrogen (secondary N) is 1. The second-order valence-electron chi connectivity index (χ2n) is 3.38. The monoisotopic (exact) mass is 209 g/mol. The first-order valence-electron chi connectivity index (χ1n) is 6.47. The molecule has 0 heterocycles. The third-order valence-electron chi connectivity index (χ3n) is 2.78. The minimum absolute atomic E-state index is 0.654. The van der Waals surface area contributed by atoms with Crippen LogP contribution in [0.1, 0.15) is 53.4 Å². The van der Waals surface area contributed by atoms with E-state index >= 15 is 0 Å². The molecule has 1 atom stereocenters. The molecule has 2 rings (SSSR count). The molecule has 0 aliphatic heterocycles. The molecule has 0 spiro atoms. The van der Waals surface area contributed by atoms with Gasteiger partial charge < -0.3 is 5.32 Å². The Hall–Kier alpha value is -0.560. The van der Waals surface area contributed by atoms with Gasteiger partial charge in [-0.15, -0.1) is 0 Å². The zero-order chi connectivity index (χ0) is 11.7. The van der Waals surface area contributed by atoms with E-state index in [1.54, 1.807) is 11.1 Å². The van der Waals surface area contributed by atoms with Crippen LogP contribution >= 0.6 is 0 Å². The summed E-state index contributed by atoms with van der Waals surface area (Å²) in [6.07, 6.45) is 9.82. The van der Waals surface area contributed by atoms with Gasteiger partial charge in [-0.2, -0.15) is 0 Å². The maximum absolute atomic E-state index is 3.35. The van der Waals surface area contributed by atoms with Gasteiger partial charge in [-0.05, 0) is 38.3 Å². The lowest BCUT2D eigenvalue weighted by Crippen LogP contribution is -2.23. The van der Waals surface area contributed by atoms with Gasteiger partial charge in [0, 0.05) is 6.04 Å². The Labute approximate surface area is 95.7 Å². The van der Waals surface area contributed by atoms with Gasteiger partial charge in [-0.1, -0.05) is 45.4 Å². The molecule has 0 saturated heterocycles. The number of likely N-dealkylation sites (N-methyl/N-ethyl adjacent to an activating group) is 1. The molecule has 1 heteroatoms. The molecular formula is C14H27N. The SMILES string of the molecule is CC.CC.CNC1CCC2=C1C=CCC2. The van der Waals surface area contributed by atoms with E-state index in [4.69, 9.17) is 0 Å². The number of rotatable bonds is 1. The Morgan fingerprint density at radius 1 is 1.13 bits per heavy atom. The van der Waals surface area contributed by atoms with Crippen molar-refractivity contribution in [2.24, 2.45) is 0 Å². The second kappa shape index (κ2) is 8.72. The van der Waals surface area contributed by atoms with Crippen LogP contribution in [0.4, 0.5) is 0 Å². The van der Waals surface area contributed by atoms with E-state index in [0.29, 0.717) is 6.04 Å². The van der Waals surface area contributed by atoms with Crippen LogP contribution < -0.4 is 5.32 Å². The van der Waals surface area contributed by atoms with Crippen molar-refractivity contribution < 1.29 is 0 Å². The average molecular weight is 209 g/mol. The van der Waals surface area contributed by atoms with Crippen LogP contribution in [-0.4, -0.2) is 13.1 Å². The van der Waals surface area contributed by atoms with E-state index in [-0.39, 0.29) is 0 Å². The predicted octanol–water partition coefficient (Wildman–Crippen LogP) is 4.07. The van der Waals surface area contributed by atoms with Gasteiger partial charge in [0.15, 0.2) is 0 Å². The smallest absolute Gasteiger partial charge is 0.0320 e. The Bertz CT molecular complexity index is 213. The fourth-order valence-electron chi connectivity index (χ4n) is 2.14. The molecule has 88 valence electrons. The summed E-state index contributed by atoms with van der Waals surface area (Å²) in [6, 6.07) is 0.654. The lowest BCUT2D eigenvalue weighted by Gasteiger charge is -2.13. The van der Waals surface area contributed by atoms with Gasteiger partial charge in [-0.3, -0.25) is 0 Å². The standard InChI is InChI=1S/C10H15N.2C2H6/c1-11-10-7-6-8-4-2-3-5-9(8)10;2*1-2/h3,5,10-11H,2,4,6-7H2,1H3;2*1-2H3. The first kappa shape index (κ1) is 14.4. The summed E-state index contributed by atoms with van der Waals surface area (Å²) < 4.78 is 0. The molecule has 0 aromatic heterocycles. The Morgan fingerprint density at radius 2 is 1.80 bits per heavy atom. The largest absolute Gasteiger partial charge is 0.313 e. The normalized spacial score (nSPS) is 22.3. The van der Waals surface area contributed by atoms with Crippen molar-refractivity contribution in [1.82, 2.24) is 5.32 Å². The van der Waals surface area contributed by atoms with Crippen LogP contribution in [0.3, 0.4) is 0 Å². The zero-order valence-electron chi connectivity index (χ0n) is 11.1. The highest BCUT2D eigenvalue weighted by atomic mass is 14.9. The van der Waals surface area contributed by atoms with Gasteiger partial charge in [0.25, 0.3) is 0 Å². The minimum atomic E-state index is 0.654. The highest BCUT2D eigenvalue weighted by Crippen LogP contribution is 2.33. The highest BCUT2D eigenvalue weighted by molar-refractivity contribution is 5.37. The van der Waals surface area contributed by atoms with Crippen molar-refractivity contribution in [3.63, 3.8) is 0 Å². The lowest BCUT2D eigenvalue weighted by atomic mass is 9.99. The number of allylic oxidation sites excluding steroid dienone is 2. The summed E-state index contributed by atoms with van der Waals surface area (Å²) >= 11 is 0. The molecule has 0 aromatic carbocycles. The van der Waals surface area contributed by atoms with E-state index in [9.17, 15) is 0 Å². The Balaban J connectivity index is 0.000000442. The first-order chi connectivity index (χ1) is 7.42. The molecule has 0 fully saturated rings.